The van der Waals surface area contributed by atoms with Crippen molar-refractivity contribution < 1.29 is 14.0 Å². The minimum absolute atomic E-state index is 0.00628. The van der Waals surface area contributed by atoms with Gasteiger partial charge in [-0.2, -0.15) is 0 Å². The van der Waals surface area contributed by atoms with Crippen LogP contribution in [0.2, 0.25) is 0 Å². The van der Waals surface area contributed by atoms with E-state index in [-0.39, 0.29) is 30.3 Å². The van der Waals surface area contributed by atoms with Crippen LogP contribution in [0.25, 0.3) is 0 Å². The third-order valence-electron chi connectivity index (χ3n) is 3.24. The van der Waals surface area contributed by atoms with Gasteiger partial charge in [-0.25, -0.2) is 4.39 Å². The molecule has 0 aliphatic rings. The lowest BCUT2D eigenvalue weighted by atomic mass is 10.1. The van der Waals surface area contributed by atoms with Crippen LogP contribution in [-0.2, 0) is 11.2 Å². The Kier molecular flexibility index (Phi) is 5.83. The number of hydrogen-bond donors (Lipinski definition) is 1. The number of amides is 1. The second-order valence-electron chi connectivity index (χ2n) is 5.06. The van der Waals surface area contributed by atoms with Crippen LogP contribution in [0.3, 0.4) is 0 Å². The molecule has 2 rings (SSSR count). The van der Waals surface area contributed by atoms with Crippen LogP contribution in [0.5, 0.6) is 0 Å². The quantitative estimate of drug-likeness (QED) is 0.794. The molecule has 0 spiro atoms. The largest absolute Gasteiger partial charge is 0.356 e. The number of benzene rings is 1. The van der Waals surface area contributed by atoms with Gasteiger partial charge in [0.2, 0.25) is 5.91 Å². The van der Waals surface area contributed by atoms with Gasteiger partial charge in [-0.05, 0) is 43.2 Å². The number of thiophene rings is 1. The molecule has 116 valence electrons. The number of nitrogens with one attached hydrogen (secondary N) is 1. The Morgan fingerprint density at radius 3 is 2.45 bits per heavy atom. The van der Waals surface area contributed by atoms with E-state index in [1.165, 1.54) is 23.5 Å². The number of hydrogen-bond acceptors (Lipinski definition) is 3. The number of halogens is 1. The van der Waals surface area contributed by atoms with Crippen molar-refractivity contribution in [1.29, 1.82) is 0 Å². The third-order valence-corrected chi connectivity index (χ3v) is 4.29. The molecule has 0 atom stereocenters. The van der Waals surface area contributed by atoms with Gasteiger partial charge < -0.3 is 5.32 Å². The molecule has 1 aromatic carbocycles. The van der Waals surface area contributed by atoms with Gasteiger partial charge in [0.05, 0.1) is 4.88 Å². The van der Waals surface area contributed by atoms with Crippen molar-refractivity contribution in [2.45, 2.75) is 26.2 Å². The van der Waals surface area contributed by atoms with Gasteiger partial charge in [0.25, 0.3) is 0 Å². The zero-order valence-corrected chi connectivity index (χ0v) is 13.2. The lowest BCUT2D eigenvalue weighted by Gasteiger charge is -2.05. The van der Waals surface area contributed by atoms with Gasteiger partial charge >= 0.3 is 0 Å². The molecule has 0 aliphatic carbocycles. The van der Waals surface area contributed by atoms with E-state index in [2.05, 4.69) is 5.32 Å². The molecule has 5 heteroatoms. The summed E-state index contributed by atoms with van der Waals surface area (Å²) >= 11 is 1.45. The molecule has 0 saturated heterocycles. The van der Waals surface area contributed by atoms with E-state index in [9.17, 15) is 14.0 Å². The van der Waals surface area contributed by atoms with Gasteiger partial charge in [0.15, 0.2) is 5.78 Å². The molecule has 0 bridgehead atoms. The molecule has 0 unspecified atom stereocenters. The first kappa shape index (κ1) is 16.4. The Hall–Kier alpha value is -2.01. The predicted octanol–water partition coefficient (Wildman–Crippen LogP) is 3.52. The first-order chi connectivity index (χ1) is 10.5. The van der Waals surface area contributed by atoms with E-state index in [1.807, 2.05) is 13.0 Å². The van der Waals surface area contributed by atoms with E-state index in [4.69, 9.17) is 0 Å². The van der Waals surface area contributed by atoms with Gasteiger partial charge in [-0.1, -0.05) is 12.1 Å². The number of rotatable bonds is 7. The van der Waals surface area contributed by atoms with Gasteiger partial charge in [0.1, 0.15) is 5.82 Å². The number of carbonyl (C=O) groups excluding carboxylic acids is 2. The summed E-state index contributed by atoms with van der Waals surface area (Å²) in [5, 5.41) is 2.78. The molecule has 1 aromatic heterocycles. The van der Waals surface area contributed by atoms with Crippen molar-refractivity contribution in [2.75, 3.05) is 6.54 Å². The van der Waals surface area contributed by atoms with Crippen LogP contribution >= 0.6 is 11.3 Å². The summed E-state index contributed by atoms with van der Waals surface area (Å²) in [6.45, 7) is 2.43. The monoisotopic (exact) mass is 319 g/mol. The summed E-state index contributed by atoms with van der Waals surface area (Å²) in [5.41, 5.74) is 0.965. The Labute approximate surface area is 133 Å². The maximum atomic E-state index is 12.8. The third kappa shape index (κ3) is 5.07. The van der Waals surface area contributed by atoms with Crippen LogP contribution in [0.15, 0.2) is 36.4 Å². The topological polar surface area (TPSA) is 46.2 Å². The lowest BCUT2D eigenvalue weighted by molar-refractivity contribution is -0.121. The second kappa shape index (κ2) is 7.84. The second-order valence-corrected chi connectivity index (χ2v) is 6.35. The smallest absolute Gasteiger partial charge is 0.220 e. The Morgan fingerprint density at radius 1 is 1.09 bits per heavy atom. The van der Waals surface area contributed by atoms with Crippen molar-refractivity contribution in [3.63, 3.8) is 0 Å². The molecule has 1 amide bonds. The van der Waals surface area contributed by atoms with Crippen molar-refractivity contribution in [3.8, 4) is 0 Å². The summed E-state index contributed by atoms with van der Waals surface area (Å²) in [4.78, 5) is 25.4. The zero-order valence-electron chi connectivity index (χ0n) is 12.4. The van der Waals surface area contributed by atoms with Gasteiger partial charge in [-0.15, -0.1) is 11.3 Å². The molecule has 0 radical (unpaired) electrons. The first-order valence-electron chi connectivity index (χ1n) is 7.15. The summed E-state index contributed by atoms with van der Waals surface area (Å²) in [6.07, 6.45) is 1.06. The average molecular weight is 319 g/mol. The average Bonchev–Trinajstić information content (AvgIpc) is 2.93. The van der Waals surface area contributed by atoms with Crippen LogP contribution in [0, 0.1) is 12.7 Å². The summed E-state index contributed by atoms with van der Waals surface area (Å²) in [7, 11) is 0. The summed E-state index contributed by atoms with van der Waals surface area (Å²) in [5.74, 6) is -0.398. The Morgan fingerprint density at radius 2 is 1.82 bits per heavy atom. The minimum Gasteiger partial charge on any atom is -0.356 e. The molecule has 22 heavy (non-hydrogen) atoms. The van der Waals surface area contributed by atoms with Crippen molar-refractivity contribution >= 4 is 23.0 Å². The number of aryl methyl sites for hydroxylation is 1. The molecular weight excluding hydrogens is 301 g/mol. The van der Waals surface area contributed by atoms with Gasteiger partial charge in [0, 0.05) is 24.3 Å². The molecule has 2 aromatic rings. The Balaban J connectivity index is 1.67. The molecule has 0 aliphatic heterocycles. The van der Waals surface area contributed by atoms with Crippen LogP contribution in [0.4, 0.5) is 4.39 Å². The maximum absolute atomic E-state index is 12.8. The zero-order chi connectivity index (χ0) is 15.9. The van der Waals surface area contributed by atoms with Crippen LogP contribution in [0.1, 0.15) is 33.0 Å². The van der Waals surface area contributed by atoms with E-state index in [1.54, 1.807) is 18.2 Å². The van der Waals surface area contributed by atoms with Gasteiger partial charge in [-0.3, -0.25) is 9.59 Å². The predicted molar refractivity (Wildman–Crippen MR) is 85.7 cm³/mol. The van der Waals surface area contributed by atoms with E-state index >= 15 is 0 Å². The fourth-order valence-electron chi connectivity index (χ4n) is 2.02. The van der Waals surface area contributed by atoms with E-state index in [0.717, 1.165) is 10.4 Å². The van der Waals surface area contributed by atoms with Crippen molar-refractivity contribution in [3.05, 3.63) is 57.5 Å². The highest BCUT2D eigenvalue weighted by atomic mass is 32.1. The van der Waals surface area contributed by atoms with Crippen molar-refractivity contribution in [2.24, 2.45) is 0 Å². The SMILES string of the molecule is Cc1ccc(C(=O)CCC(=O)NCCc2ccc(F)cc2)s1. The molecule has 3 nitrogen and oxygen atoms in total. The highest BCUT2D eigenvalue weighted by Gasteiger charge is 2.10. The lowest BCUT2D eigenvalue weighted by Crippen LogP contribution is -2.26. The van der Waals surface area contributed by atoms with Crippen LogP contribution < -0.4 is 5.32 Å². The fourth-order valence-corrected chi connectivity index (χ4v) is 2.86. The minimum atomic E-state index is -0.268. The molecular formula is C17H18FNO2S. The highest BCUT2D eigenvalue weighted by Crippen LogP contribution is 2.17. The fraction of sp³-hybridized carbons (Fsp3) is 0.294. The number of carbonyl (C=O) groups is 2. The summed E-state index contributed by atoms with van der Waals surface area (Å²) in [6, 6.07) is 9.90. The Bertz CT molecular complexity index is 649. The van der Waals surface area contributed by atoms with E-state index < -0.39 is 0 Å². The highest BCUT2D eigenvalue weighted by molar-refractivity contribution is 7.14. The molecule has 0 saturated carbocycles. The molecule has 1 heterocycles. The number of Topliss-reactive ketones (excluding diaryl/α,β-unsaturated/α-hetero) is 1. The normalized spacial score (nSPS) is 10.5. The molecule has 0 fully saturated rings. The van der Waals surface area contributed by atoms with Crippen molar-refractivity contribution in [1.82, 2.24) is 5.32 Å². The number of ketones is 1. The van der Waals surface area contributed by atoms with E-state index in [0.29, 0.717) is 17.8 Å². The van der Waals surface area contributed by atoms with Crippen LogP contribution in [-0.4, -0.2) is 18.2 Å². The maximum Gasteiger partial charge on any atom is 0.220 e. The molecule has 1 N–H and O–H groups in total. The first-order valence-corrected chi connectivity index (χ1v) is 7.97. The standard InChI is InChI=1S/C17H18FNO2S/c1-12-2-8-16(22-12)15(20)7-9-17(21)19-11-10-13-3-5-14(18)6-4-13/h2-6,8H,7,9-11H2,1H3,(H,19,21). The summed E-state index contributed by atoms with van der Waals surface area (Å²) < 4.78 is 12.8.